The van der Waals surface area contributed by atoms with Gasteiger partial charge in [0.2, 0.25) is 5.91 Å². The van der Waals surface area contributed by atoms with Gasteiger partial charge in [-0.15, -0.1) is 0 Å². The Balaban J connectivity index is 1.55. The van der Waals surface area contributed by atoms with Crippen LogP contribution in [0.2, 0.25) is 0 Å². The van der Waals surface area contributed by atoms with Gasteiger partial charge in [0.15, 0.2) is 0 Å². The predicted octanol–water partition coefficient (Wildman–Crippen LogP) is 4.78. The minimum Gasteiger partial charge on any atom is -0.348 e. The number of hydrogen-bond donors (Lipinski definition) is 1. The maximum Gasteiger partial charge on any atom is 0.264 e. The second-order valence-electron chi connectivity index (χ2n) is 8.33. The van der Waals surface area contributed by atoms with Crippen molar-refractivity contribution in [2.75, 3.05) is 10.8 Å². The molecule has 0 radical (unpaired) electrons. The number of hydrogen-bond acceptors (Lipinski definition) is 3. The van der Waals surface area contributed by atoms with E-state index in [0.717, 1.165) is 34.8 Å². The predicted molar refractivity (Wildman–Crippen MR) is 127 cm³/mol. The Morgan fingerprint density at radius 1 is 0.970 bits per heavy atom. The Labute approximate surface area is 194 Å². The molecule has 5 nitrogen and oxygen atoms in total. The highest BCUT2D eigenvalue weighted by molar-refractivity contribution is 7.92. The third-order valence-corrected chi connectivity index (χ3v) is 7.77. The molecular weight excluding hydrogens is 439 g/mol. The van der Waals surface area contributed by atoms with Crippen molar-refractivity contribution in [1.29, 1.82) is 0 Å². The first-order chi connectivity index (χ1) is 15.8. The number of para-hydroxylation sites is 1. The lowest BCUT2D eigenvalue weighted by molar-refractivity contribution is -0.120. The van der Waals surface area contributed by atoms with Crippen molar-refractivity contribution < 1.29 is 17.6 Å². The first-order valence-electron chi connectivity index (χ1n) is 11.1. The van der Waals surface area contributed by atoms with Gasteiger partial charge in [-0.1, -0.05) is 36.4 Å². The van der Waals surface area contributed by atoms with Crippen LogP contribution in [0.15, 0.2) is 77.7 Å². The van der Waals surface area contributed by atoms with Crippen LogP contribution in [0.25, 0.3) is 0 Å². The summed E-state index contributed by atoms with van der Waals surface area (Å²) in [7, 11) is -4.07. The lowest BCUT2D eigenvalue weighted by Gasteiger charge is -2.25. The zero-order chi connectivity index (χ0) is 23.4. The van der Waals surface area contributed by atoms with E-state index >= 15 is 0 Å². The molecule has 0 aromatic heterocycles. The largest absolute Gasteiger partial charge is 0.348 e. The van der Waals surface area contributed by atoms with Gasteiger partial charge in [0.1, 0.15) is 12.4 Å². The van der Waals surface area contributed by atoms with Gasteiger partial charge >= 0.3 is 0 Å². The van der Waals surface area contributed by atoms with Gasteiger partial charge in [0.25, 0.3) is 10.0 Å². The van der Waals surface area contributed by atoms with E-state index in [1.54, 1.807) is 30.3 Å². The fourth-order valence-corrected chi connectivity index (χ4v) is 5.59. The smallest absolute Gasteiger partial charge is 0.264 e. The maximum absolute atomic E-state index is 13.3. The number of carbonyl (C=O) groups excluding carboxylic acids is 1. The van der Waals surface area contributed by atoms with Crippen molar-refractivity contribution in [3.63, 3.8) is 0 Å². The number of nitrogens with one attached hydrogen (secondary N) is 1. The summed E-state index contributed by atoms with van der Waals surface area (Å²) in [6.07, 6.45) is 4.51. The van der Waals surface area contributed by atoms with Gasteiger partial charge in [0.05, 0.1) is 16.6 Å². The molecule has 0 unspecified atom stereocenters. The zero-order valence-corrected chi connectivity index (χ0v) is 19.3. The number of sulfonamides is 1. The van der Waals surface area contributed by atoms with Crippen LogP contribution in [0, 0.1) is 5.82 Å². The molecule has 1 atom stereocenters. The molecule has 172 valence electrons. The van der Waals surface area contributed by atoms with Crippen LogP contribution in [-0.4, -0.2) is 20.9 Å². The zero-order valence-electron chi connectivity index (χ0n) is 18.5. The third kappa shape index (κ3) is 5.25. The molecular formula is C26H27FN2O3S. The Hall–Kier alpha value is -3.19. The highest BCUT2D eigenvalue weighted by atomic mass is 32.2. The first kappa shape index (κ1) is 23.0. The topological polar surface area (TPSA) is 66.5 Å². The number of benzene rings is 3. The number of anilines is 1. The van der Waals surface area contributed by atoms with Crippen LogP contribution >= 0.6 is 0 Å². The number of fused-ring (bicyclic) bond motifs is 1. The van der Waals surface area contributed by atoms with E-state index in [-0.39, 0.29) is 17.5 Å². The minimum atomic E-state index is -4.07. The second-order valence-corrected chi connectivity index (χ2v) is 10.2. The summed E-state index contributed by atoms with van der Waals surface area (Å²) in [6.45, 7) is 1.50. The van der Waals surface area contributed by atoms with Gasteiger partial charge in [0, 0.05) is 0 Å². The van der Waals surface area contributed by atoms with Crippen molar-refractivity contribution in [2.45, 2.75) is 43.5 Å². The van der Waals surface area contributed by atoms with Crippen LogP contribution in [0.3, 0.4) is 0 Å². The van der Waals surface area contributed by atoms with Crippen LogP contribution in [0.1, 0.15) is 42.5 Å². The molecule has 0 aliphatic heterocycles. The summed E-state index contributed by atoms with van der Waals surface area (Å²) >= 11 is 0. The molecule has 0 saturated carbocycles. The van der Waals surface area contributed by atoms with E-state index in [0.29, 0.717) is 5.69 Å². The molecule has 0 fully saturated rings. The lowest BCUT2D eigenvalue weighted by atomic mass is 9.89. The summed E-state index contributed by atoms with van der Waals surface area (Å²) in [5.74, 6) is -0.952. The Kier molecular flexibility index (Phi) is 6.79. The van der Waals surface area contributed by atoms with E-state index in [2.05, 4.69) is 17.4 Å². The highest BCUT2D eigenvalue weighted by Gasteiger charge is 2.27. The van der Waals surface area contributed by atoms with Gasteiger partial charge in [-0.25, -0.2) is 12.8 Å². The van der Waals surface area contributed by atoms with Crippen molar-refractivity contribution in [3.05, 3.63) is 95.3 Å². The van der Waals surface area contributed by atoms with Crippen LogP contribution in [0.5, 0.6) is 0 Å². The number of rotatable bonds is 7. The average Bonchev–Trinajstić information content (AvgIpc) is 2.83. The molecule has 1 aliphatic rings. The molecule has 0 spiro atoms. The monoisotopic (exact) mass is 466 g/mol. The normalized spacial score (nSPS) is 14.2. The summed E-state index contributed by atoms with van der Waals surface area (Å²) < 4.78 is 41.0. The fraction of sp³-hybridized carbons (Fsp3) is 0.269. The molecule has 0 bridgehead atoms. The van der Waals surface area contributed by atoms with E-state index < -0.39 is 21.7 Å². The molecule has 3 aromatic carbocycles. The van der Waals surface area contributed by atoms with E-state index in [9.17, 15) is 17.6 Å². The van der Waals surface area contributed by atoms with E-state index in [4.69, 9.17) is 0 Å². The van der Waals surface area contributed by atoms with Gasteiger partial charge in [-0.05, 0) is 85.7 Å². The number of carbonyl (C=O) groups is 1. The number of nitrogens with zero attached hydrogens (tertiary/aromatic N) is 1. The Morgan fingerprint density at radius 2 is 1.64 bits per heavy atom. The van der Waals surface area contributed by atoms with Crippen LogP contribution < -0.4 is 9.62 Å². The molecule has 33 heavy (non-hydrogen) atoms. The third-order valence-electron chi connectivity index (χ3n) is 5.98. The van der Waals surface area contributed by atoms with Gasteiger partial charge < -0.3 is 5.32 Å². The van der Waals surface area contributed by atoms with E-state index in [1.807, 2.05) is 13.0 Å². The summed E-state index contributed by atoms with van der Waals surface area (Å²) in [6, 6.07) is 19.0. The minimum absolute atomic E-state index is 0.0803. The molecule has 4 rings (SSSR count). The number of aryl methyl sites for hydroxylation is 2. The quantitative estimate of drug-likeness (QED) is 0.545. The first-order valence-corrected chi connectivity index (χ1v) is 12.5. The summed E-state index contributed by atoms with van der Waals surface area (Å²) in [4.78, 5) is 12.9. The van der Waals surface area contributed by atoms with Crippen LogP contribution in [0.4, 0.5) is 10.1 Å². The Bertz CT molecular complexity index is 1230. The molecule has 1 amide bonds. The molecule has 7 heteroatoms. The average molecular weight is 467 g/mol. The van der Waals surface area contributed by atoms with Crippen molar-refractivity contribution in [2.24, 2.45) is 0 Å². The van der Waals surface area contributed by atoms with Crippen molar-refractivity contribution in [1.82, 2.24) is 5.32 Å². The summed E-state index contributed by atoms with van der Waals surface area (Å²) in [5.41, 5.74) is 4.05. The maximum atomic E-state index is 13.3. The second kappa shape index (κ2) is 9.75. The highest BCUT2D eigenvalue weighted by Crippen LogP contribution is 2.26. The van der Waals surface area contributed by atoms with Crippen molar-refractivity contribution >= 4 is 21.6 Å². The van der Waals surface area contributed by atoms with Gasteiger partial charge in [-0.3, -0.25) is 9.10 Å². The van der Waals surface area contributed by atoms with Crippen molar-refractivity contribution in [3.8, 4) is 0 Å². The molecule has 1 N–H and O–H groups in total. The lowest BCUT2D eigenvalue weighted by Crippen LogP contribution is -2.41. The Morgan fingerprint density at radius 3 is 2.33 bits per heavy atom. The molecule has 0 heterocycles. The van der Waals surface area contributed by atoms with Gasteiger partial charge in [-0.2, -0.15) is 0 Å². The van der Waals surface area contributed by atoms with Crippen LogP contribution in [-0.2, 0) is 27.7 Å². The summed E-state index contributed by atoms with van der Waals surface area (Å²) in [5, 5.41) is 2.93. The molecule has 0 saturated heterocycles. The molecule has 1 aliphatic carbocycles. The number of amides is 1. The van der Waals surface area contributed by atoms with E-state index in [1.165, 1.54) is 36.1 Å². The fourth-order valence-electron chi connectivity index (χ4n) is 4.17. The SMILES string of the molecule is C[C@@H](NC(=O)CN(c1ccccc1)S(=O)(=O)c1ccc(F)cc1)c1ccc2c(c1)CCCC2. The standard InChI is InChI=1S/C26H27FN2O3S/c1-19(21-12-11-20-7-5-6-8-22(20)17-21)28-26(30)18-29(24-9-3-2-4-10-24)33(31,32)25-15-13-23(27)14-16-25/h2-4,9-17,19H,5-8,18H2,1H3,(H,28,30)/t19-/m1/s1. The number of halogens is 1. The molecule has 3 aromatic rings.